The van der Waals surface area contributed by atoms with E-state index in [9.17, 15) is 27.2 Å². The van der Waals surface area contributed by atoms with Crippen molar-refractivity contribution in [2.24, 2.45) is 5.73 Å². The highest BCUT2D eigenvalue weighted by Gasteiger charge is 2.34. The van der Waals surface area contributed by atoms with Crippen LogP contribution in [0, 0.1) is 12.7 Å². The lowest BCUT2D eigenvalue weighted by atomic mass is 9.93. The Bertz CT molecular complexity index is 1550. The molecule has 3 aromatic carbocycles. The number of nitrogens with two attached hydrogens (primary N) is 1. The number of carbonyl (C=O) groups is 1. The Hall–Kier alpha value is -3.69. The van der Waals surface area contributed by atoms with Gasteiger partial charge in [-0.2, -0.15) is 13.2 Å². The average Bonchev–Trinajstić information content (AvgIpc) is 2.81. The molecule has 3 N–H and O–H groups in total. The minimum absolute atomic E-state index is 0.0634. The number of anilines is 1. The second kappa shape index (κ2) is 9.75. The van der Waals surface area contributed by atoms with Gasteiger partial charge in [-0.25, -0.2) is 9.18 Å². The molecule has 0 radical (unpaired) electrons. The molecule has 36 heavy (non-hydrogen) atoms. The summed E-state index contributed by atoms with van der Waals surface area (Å²) in [6.07, 6.45) is -5.51. The Balaban J connectivity index is 1.85. The molecular formula is C26H19ClF4N2O3. The number of halogens is 5. The molecule has 0 aliphatic heterocycles. The van der Waals surface area contributed by atoms with Crippen molar-refractivity contribution in [1.29, 1.82) is 0 Å². The summed E-state index contributed by atoms with van der Waals surface area (Å²) < 4.78 is 59.0. The molecule has 1 heterocycles. The monoisotopic (exact) mass is 518 g/mol. The zero-order valence-electron chi connectivity index (χ0n) is 18.8. The average molecular weight is 519 g/mol. The van der Waals surface area contributed by atoms with E-state index in [1.807, 2.05) is 0 Å². The molecule has 1 aromatic heterocycles. The second-order valence-corrected chi connectivity index (χ2v) is 8.56. The molecule has 4 aromatic rings. The van der Waals surface area contributed by atoms with Crippen LogP contribution in [0.1, 0.15) is 22.3 Å². The lowest BCUT2D eigenvalue weighted by Gasteiger charge is -2.16. The van der Waals surface area contributed by atoms with E-state index in [0.29, 0.717) is 27.1 Å². The van der Waals surface area contributed by atoms with Gasteiger partial charge in [0.2, 0.25) is 5.91 Å². The zero-order valence-corrected chi connectivity index (χ0v) is 19.6. The van der Waals surface area contributed by atoms with Crippen molar-refractivity contribution in [3.63, 3.8) is 0 Å². The Kier molecular flexibility index (Phi) is 6.88. The number of hydrogen-bond donors (Lipinski definition) is 2. The molecule has 10 heteroatoms. The summed E-state index contributed by atoms with van der Waals surface area (Å²) in [4.78, 5) is 25.9. The predicted octanol–water partition coefficient (Wildman–Crippen LogP) is 6.22. The lowest BCUT2D eigenvalue weighted by Crippen LogP contribution is -2.22. The molecule has 0 bridgehead atoms. The molecule has 1 amide bonds. The van der Waals surface area contributed by atoms with Crippen molar-refractivity contribution in [3.05, 3.63) is 98.1 Å². The van der Waals surface area contributed by atoms with Crippen LogP contribution in [0.2, 0.25) is 5.02 Å². The van der Waals surface area contributed by atoms with Gasteiger partial charge in [-0.05, 0) is 53.9 Å². The standard InChI is InChI=1S/C26H19ClF4N2O3/c1-13-7-17-22(11-20(13)27)36-25(35)18(24(17)15-4-2-3-14(8-15)12-32)10-23(34)33-21-6-5-16(28)9-19(21)26(29,30)31/h2-9,11H,10,12,32H2,1H3,(H,33,34). The van der Waals surface area contributed by atoms with E-state index in [0.717, 1.165) is 17.7 Å². The largest absolute Gasteiger partial charge is 0.422 e. The quantitative estimate of drug-likeness (QED) is 0.243. The molecule has 0 saturated carbocycles. The van der Waals surface area contributed by atoms with E-state index in [-0.39, 0.29) is 23.8 Å². The van der Waals surface area contributed by atoms with Gasteiger partial charge in [0.25, 0.3) is 0 Å². The lowest BCUT2D eigenvalue weighted by molar-refractivity contribution is -0.137. The molecule has 0 unspecified atom stereocenters. The van der Waals surface area contributed by atoms with Crippen LogP contribution in [0.25, 0.3) is 22.1 Å². The van der Waals surface area contributed by atoms with Gasteiger partial charge in [0, 0.05) is 28.6 Å². The van der Waals surface area contributed by atoms with E-state index in [4.69, 9.17) is 21.8 Å². The van der Waals surface area contributed by atoms with E-state index < -0.39 is 41.2 Å². The molecular weight excluding hydrogens is 500 g/mol. The van der Waals surface area contributed by atoms with Crippen LogP contribution < -0.4 is 16.7 Å². The maximum atomic E-state index is 13.4. The third-order valence-corrected chi connectivity index (χ3v) is 6.04. The summed E-state index contributed by atoms with van der Waals surface area (Å²) in [6.45, 7) is 1.98. The topological polar surface area (TPSA) is 85.3 Å². The molecule has 0 aliphatic carbocycles. The molecule has 186 valence electrons. The van der Waals surface area contributed by atoms with Gasteiger partial charge >= 0.3 is 11.8 Å². The first-order valence-corrected chi connectivity index (χ1v) is 11.1. The maximum absolute atomic E-state index is 13.4. The maximum Gasteiger partial charge on any atom is 0.418 e. The molecule has 0 aliphatic rings. The number of benzene rings is 3. The van der Waals surface area contributed by atoms with Crippen molar-refractivity contribution in [3.8, 4) is 11.1 Å². The summed E-state index contributed by atoms with van der Waals surface area (Å²) in [5.41, 5.74) is 5.46. The van der Waals surface area contributed by atoms with Crippen molar-refractivity contribution in [2.75, 3.05) is 5.32 Å². The van der Waals surface area contributed by atoms with E-state index in [1.165, 1.54) is 6.07 Å². The summed E-state index contributed by atoms with van der Waals surface area (Å²) >= 11 is 6.20. The van der Waals surface area contributed by atoms with Crippen LogP contribution in [0.3, 0.4) is 0 Å². The first-order valence-electron chi connectivity index (χ1n) is 10.7. The number of hydrogen-bond acceptors (Lipinski definition) is 4. The molecule has 0 saturated heterocycles. The van der Waals surface area contributed by atoms with Gasteiger partial charge in [-0.3, -0.25) is 4.79 Å². The third-order valence-electron chi connectivity index (χ3n) is 5.63. The summed E-state index contributed by atoms with van der Waals surface area (Å²) in [5, 5.41) is 3.00. The SMILES string of the molecule is Cc1cc2c(-c3cccc(CN)c3)c(CC(=O)Nc3ccc(F)cc3C(F)(F)F)c(=O)oc2cc1Cl. The number of alkyl halides is 3. The predicted molar refractivity (Wildman–Crippen MR) is 129 cm³/mol. The van der Waals surface area contributed by atoms with Gasteiger partial charge < -0.3 is 15.5 Å². The van der Waals surface area contributed by atoms with Gasteiger partial charge in [0.05, 0.1) is 23.2 Å². The summed E-state index contributed by atoms with van der Waals surface area (Å²) in [6, 6.07) is 12.1. The van der Waals surface area contributed by atoms with Crippen molar-refractivity contribution in [2.45, 2.75) is 26.1 Å². The molecule has 0 spiro atoms. The highest BCUT2D eigenvalue weighted by atomic mass is 35.5. The Morgan fingerprint density at radius 2 is 1.86 bits per heavy atom. The van der Waals surface area contributed by atoms with Crippen LogP contribution >= 0.6 is 11.6 Å². The smallest absolute Gasteiger partial charge is 0.418 e. The fourth-order valence-electron chi connectivity index (χ4n) is 3.93. The fraction of sp³-hybridized carbons (Fsp3) is 0.154. The third kappa shape index (κ3) is 5.12. The van der Waals surface area contributed by atoms with Gasteiger partial charge in [-0.1, -0.05) is 29.8 Å². The van der Waals surface area contributed by atoms with Gasteiger partial charge in [-0.15, -0.1) is 0 Å². The Labute approximate surface area is 207 Å². The Morgan fingerprint density at radius 1 is 1.11 bits per heavy atom. The zero-order chi connectivity index (χ0) is 26.2. The first kappa shape index (κ1) is 25.4. The fourth-order valence-corrected chi connectivity index (χ4v) is 4.08. The summed E-state index contributed by atoms with van der Waals surface area (Å²) in [7, 11) is 0. The number of nitrogens with one attached hydrogen (secondary N) is 1. The van der Waals surface area contributed by atoms with E-state index in [1.54, 1.807) is 37.3 Å². The highest BCUT2D eigenvalue weighted by molar-refractivity contribution is 6.32. The van der Waals surface area contributed by atoms with Crippen LogP contribution in [0.5, 0.6) is 0 Å². The van der Waals surface area contributed by atoms with Gasteiger partial charge in [0.15, 0.2) is 0 Å². The highest BCUT2D eigenvalue weighted by Crippen LogP contribution is 2.36. The minimum Gasteiger partial charge on any atom is -0.422 e. The Morgan fingerprint density at radius 3 is 2.56 bits per heavy atom. The van der Waals surface area contributed by atoms with Crippen LogP contribution in [0.4, 0.5) is 23.2 Å². The number of fused-ring (bicyclic) bond motifs is 1. The van der Waals surface area contributed by atoms with Crippen LogP contribution in [0.15, 0.2) is 63.8 Å². The molecule has 0 fully saturated rings. The normalized spacial score (nSPS) is 11.6. The second-order valence-electron chi connectivity index (χ2n) is 8.16. The van der Waals surface area contributed by atoms with E-state index >= 15 is 0 Å². The van der Waals surface area contributed by atoms with Crippen molar-refractivity contribution in [1.82, 2.24) is 0 Å². The molecule has 5 nitrogen and oxygen atoms in total. The molecule has 4 rings (SSSR count). The van der Waals surface area contributed by atoms with Crippen LogP contribution in [-0.2, 0) is 23.9 Å². The molecule has 0 atom stereocenters. The van der Waals surface area contributed by atoms with E-state index in [2.05, 4.69) is 5.32 Å². The number of aryl methyl sites for hydroxylation is 1. The number of carbonyl (C=O) groups excluding carboxylic acids is 1. The number of rotatable bonds is 5. The van der Waals surface area contributed by atoms with Crippen LogP contribution in [-0.4, -0.2) is 5.91 Å². The van der Waals surface area contributed by atoms with Gasteiger partial charge in [0.1, 0.15) is 11.4 Å². The summed E-state index contributed by atoms with van der Waals surface area (Å²) in [5.74, 6) is -2.02. The minimum atomic E-state index is -4.91. The van der Waals surface area contributed by atoms with Crippen molar-refractivity contribution < 1.29 is 26.8 Å². The van der Waals surface area contributed by atoms with Crippen molar-refractivity contribution >= 4 is 34.2 Å². The first-order chi connectivity index (χ1) is 17.0. The number of amides is 1.